The van der Waals surface area contributed by atoms with Gasteiger partial charge in [0.15, 0.2) is 0 Å². The number of urea groups is 1. The number of anilines is 1. The molecule has 1 aliphatic carbocycles. The van der Waals surface area contributed by atoms with Crippen molar-refractivity contribution in [3.05, 3.63) is 29.8 Å². The van der Waals surface area contributed by atoms with Gasteiger partial charge in [0, 0.05) is 17.6 Å². The van der Waals surface area contributed by atoms with E-state index >= 15 is 0 Å². The SMILES string of the molecule is CCC1(NC(=O)Nc2cccc(CCC(=O)O)c2)CC(C)CC(C)C1. The first-order valence-electron chi connectivity index (χ1n) is 9.22. The third kappa shape index (κ3) is 5.76. The van der Waals surface area contributed by atoms with E-state index in [-0.39, 0.29) is 18.0 Å². The summed E-state index contributed by atoms with van der Waals surface area (Å²) < 4.78 is 0. The van der Waals surface area contributed by atoms with Crippen LogP contribution in [0.1, 0.15) is 58.4 Å². The van der Waals surface area contributed by atoms with Crippen LogP contribution in [0.2, 0.25) is 0 Å². The number of aryl methyl sites for hydroxylation is 1. The van der Waals surface area contributed by atoms with E-state index in [2.05, 4.69) is 31.4 Å². The number of carboxylic acid groups (broad SMARTS) is 1. The molecule has 1 aromatic carbocycles. The number of benzene rings is 1. The van der Waals surface area contributed by atoms with Crippen LogP contribution in [0.25, 0.3) is 0 Å². The molecular formula is C20H30N2O3. The zero-order valence-electron chi connectivity index (χ0n) is 15.5. The van der Waals surface area contributed by atoms with Crippen molar-refractivity contribution in [2.75, 3.05) is 5.32 Å². The predicted octanol–water partition coefficient (Wildman–Crippen LogP) is 4.43. The highest BCUT2D eigenvalue weighted by Crippen LogP contribution is 2.38. The minimum absolute atomic E-state index is 0.0877. The third-order valence-corrected chi connectivity index (χ3v) is 5.15. The summed E-state index contributed by atoms with van der Waals surface area (Å²) in [7, 11) is 0. The summed E-state index contributed by atoms with van der Waals surface area (Å²) in [4.78, 5) is 23.2. The first-order chi connectivity index (χ1) is 11.8. The fourth-order valence-corrected chi connectivity index (χ4v) is 4.21. The van der Waals surface area contributed by atoms with Crippen molar-refractivity contribution in [2.24, 2.45) is 11.8 Å². The molecule has 2 unspecified atom stereocenters. The maximum Gasteiger partial charge on any atom is 0.319 e. The standard InChI is InChI=1S/C20H30N2O3/c1-4-20(12-14(2)10-15(3)13-20)22-19(25)21-17-7-5-6-16(11-17)8-9-18(23)24/h5-7,11,14-15H,4,8-10,12-13H2,1-3H3,(H,23,24)(H2,21,22,25). The van der Waals surface area contributed by atoms with E-state index in [0.29, 0.717) is 23.9 Å². The summed E-state index contributed by atoms with van der Waals surface area (Å²) in [6, 6.07) is 7.21. The molecular weight excluding hydrogens is 316 g/mol. The lowest BCUT2D eigenvalue weighted by atomic mass is 9.70. The lowest BCUT2D eigenvalue weighted by Crippen LogP contribution is -2.53. The number of carboxylic acids is 1. The molecule has 1 saturated carbocycles. The number of hydrogen-bond acceptors (Lipinski definition) is 2. The molecule has 0 spiro atoms. The molecule has 0 radical (unpaired) electrons. The van der Waals surface area contributed by atoms with Gasteiger partial charge in [-0.1, -0.05) is 32.9 Å². The Morgan fingerprint density at radius 1 is 1.24 bits per heavy atom. The highest BCUT2D eigenvalue weighted by molar-refractivity contribution is 5.89. The highest BCUT2D eigenvalue weighted by atomic mass is 16.4. The second-order valence-corrected chi connectivity index (χ2v) is 7.66. The number of aliphatic carboxylic acids is 1. The maximum atomic E-state index is 12.5. The van der Waals surface area contributed by atoms with Gasteiger partial charge in [0.05, 0.1) is 0 Å². The minimum Gasteiger partial charge on any atom is -0.481 e. The van der Waals surface area contributed by atoms with Crippen LogP contribution in [0.5, 0.6) is 0 Å². The molecule has 0 aliphatic heterocycles. The van der Waals surface area contributed by atoms with Crippen LogP contribution >= 0.6 is 0 Å². The number of hydrogen-bond donors (Lipinski definition) is 3. The van der Waals surface area contributed by atoms with Crippen LogP contribution in [-0.2, 0) is 11.2 Å². The largest absolute Gasteiger partial charge is 0.481 e. The van der Waals surface area contributed by atoms with Crippen molar-refractivity contribution in [3.8, 4) is 0 Å². The van der Waals surface area contributed by atoms with Crippen LogP contribution in [0.4, 0.5) is 10.5 Å². The summed E-state index contributed by atoms with van der Waals surface area (Å²) in [6.45, 7) is 6.65. The van der Waals surface area contributed by atoms with Gasteiger partial charge in [-0.3, -0.25) is 4.79 Å². The summed E-state index contributed by atoms with van der Waals surface area (Å²) in [5.41, 5.74) is 1.47. The topological polar surface area (TPSA) is 78.4 Å². The van der Waals surface area contributed by atoms with E-state index < -0.39 is 5.97 Å². The molecule has 0 heterocycles. The molecule has 2 rings (SSSR count). The molecule has 1 fully saturated rings. The number of carbonyl (C=O) groups excluding carboxylic acids is 1. The molecule has 2 atom stereocenters. The van der Waals surface area contributed by atoms with E-state index in [1.165, 1.54) is 6.42 Å². The number of amides is 2. The van der Waals surface area contributed by atoms with Crippen molar-refractivity contribution >= 4 is 17.7 Å². The third-order valence-electron chi connectivity index (χ3n) is 5.15. The molecule has 138 valence electrons. The molecule has 1 aromatic rings. The van der Waals surface area contributed by atoms with Crippen molar-refractivity contribution in [3.63, 3.8) is 0 Å². The number of nitrogens with one attached hydrogen (secondary N) is 2. The summed E-state index contributed by atoms with van der Waals surface area (Å²) in [6.07, 6.45) is 4.72. The van der Waals surface area contributed by atoms with Crippen molar-refractivity contribution < 1.29 is 14.7 Å². The molecule has 0 aromatic heterocycles. The maximum absolute atomic E-state index is 12.5. The monoisotopic (exact) mass is 346 g/mol. The Hall–Kier alpha value is -2.04. The lowest BCUT2D eigenvalue weighted by molar-refractivity contribution is -0.136. The first kappa shape index (κ1) is 19.3. The Kier molecular flexibility index (Phi) is 6.45. The molecule has 5 heteroatoms. The molecule has 0 saturated heterocycles. The summed E-state index contributed by atoms with van der Waals surface area (Å²) in [5, 5.41) is 14.9. The highest BCUT2D eigenvalue weighted by Gasteiger charge is 2.37. The van der Waals surface area contributed by atoms with Crippen LogP contribution in [-0.4, -0.2) is 22.6 Å². The van der Waals surface area contributed by atoms with Crippen molar-refractivity contribution in [2.45, 2.75) is 64.8 Å². The van der Waals surface area contributed by atoms with Crippen LogP contribution in [0.3, 0.4) is 0 Å². The van der Waals surface area contributed by atoms with Gasteiger partial charge in [0.1, 0.15) is 0 Å². The molecule has 25 heavy (non-hydrogen) atoms. The number of carbonyl (C=O) groups is 2. The van der Waals surface area contributed by atoms with Gasteiger partial charge >= 0.3 is 12.0 Å². The molecule has 5 nitrogen and oxygen atoms in total. The smallest absolute Gasteiger partial charge is 0.319 e. The second kappa shape index (κ2) is 8.37. The normalized spacial score (nSPS) is 26.0. The lowest BCUT2D eigenvalue weighted by Gasteiger charge is -2.43. The Bertz CT molecular complexity index is 605. The summed E-state index contributed by atoms with van der Waals surface area (Å²) in [5.74, 6) is 0.410. The average molecular weight is 346 g/mol. The Labute approximate surface area is 150 Å². The zero-order chi connectivity index (χ0) is 18.4. The number of rotatable bonds is 6. The van der Waals surface area contributed by atoms with Gasteiger partial charge < -0.3 is 15.7 Å². The molecule has 1 aliphatic rings. The Morgan fingerprint density at radius 3 is 2.52 bits per heavy atom. The zero-order valence-corrected chi connectivity index (χ0v) is 15.5. The van der Waals surface area contributed by atoms with E-state index in [1.807, 2.05) is 24.3 Å². The Balaban J connectivity index is 1.99. The van der Waals surface area contributed by atoms with Gasteiger partial charge in [0.2, 0.25) is 0 Å². The van der Waals surface area contributed by atoms with E-state index in [0.717, 1.165) is 24.8 Å². The van der Waals surface area contributed by atoms with Crippen molar-refractivity contribution in [1.29, 1.82) is 0 Å². The quantitative estimate of drug-likeness (QED) is 0.713. The van der Waals surface area contributed by atoms with Gasteiger partial charge in [-0.25, -0.2) is 4.79 Å². The van der Waals surface area contributed by atoms with E-state index in [4.69, 9.17) is 5.11 Å². The molecule has 2 amide bonds. The van der Waals surface area contributed by atoms with Gasteiger partial charge in [-0.15, -0.1) is 0 Å². The first-order valence-corrected chi connectivity index (χ1v) is 9.22. The van der Waals surface area contributed by atoms with Gasteiger partial charge in [0.25, 0.3) is 0 Å². The van der Waals surface area contributed by atoms with Crippen LogP contribution in [0, 0.1) is 11.8 Å². The van der Waals surface area contributed by atoms with Gasteiger partial charge in [-0.05, 0) is 61.6 Å². The van der Waals surface area contributed by atoms with E-state index in [1.54, 1.807) is 0 Å². The average Bonchev–Trinajstić information content (AvgIpc) is 2.52. The fourth-order valence-electron chi connectivity index (χ4n) is 4.21. The van der Waals surface area contributed by atoms with E-state index in [9.17, 15) is 9.59 Å². The Morgan fingerprint density at radius 2 is 1.92 bits per heavy atom. The molecule has 0 bridgehead atoms. The van der Waals surface area contributed by atoms with Crippen LogP contribution < -0.4 is 10.6 Å². The minimum atomic E-state index is -0.818. The van der Waals surface area contributed by atoms with Crippen LogP contribution in [0.15, 0.2) is 24.3 Å². The molecule has 3 N–H and O–H groups in total. The fraction of sp³-hybridized carbons (Fsp3) is 0.600. The van der Waals surface area contributed by atoms with Gasteiger partial charge in [-0.2, -0.15) is 0 Å². The second-order valence-electron chi connectivity index (χ2n) is 7.66. The predicted molar refractivity (Wildman–Crippen MR) is 99.8 cm³/mol. The summed E-state index contributed by atoms with van der Waals surface area (Å²) >= 11 is 0. The van der Waals surface area contributed by atoms with Crippen molar-refractivity contribution in [1.82, 2.24) is 5.32 Å².